The van der Waals surface area contributed by atoms with Crippen LogP contribution in [0.2, 0.25) is 0 Å². The molecular weight excluding hydrogens is 374 g/mol. The van der Waals surface area contributed by atoms with E-state index in [-0.39, 0.29) is 17.5 Å². The normalized spacial score (nSPS) is 41.6. The molecule has 0 bridgehead atoms. The molecule has 0 spiro atoms. The molecule has 3 saturated carbocycles. The Balaban J connectivity index is 1.42. The van der Waals surface area contributed by atoms with Crippen molar-refractivity contribution < 1.29 is 9.53 Å². The average Bonchev–Trinajstić information content (AvgIpc) is 2.99. The van der Waals surface area contributed by atoms with E-state index in [1.54, 1.807) is 0 Å². The molecule has 5 rings (SSSR count). The van der Waals surface area contributed by atoms with Crippen molar-refractivity contribution in [1.82, 2.24) is 4.98 Å². The summed E-state index contributed by atoms with van der Waals surface area (Å²) in [6.07, 6.45) is 9.22. The van der Waals surface area contributed by atoms with E-state index in [4.69, 9.17) is 15.5 Å². The lowest BCUT2D eigenvalue weighted by Gasteiger charge is -2.60. The van der Waals surface area contributed by atoms with Crippen LogP contribution in [0.1, 0.15) is 82.5 Å². The first-order chi connectivity index (χ1) is 14.3. The molecule has 4 aliphatic carbocycles. The lowest BCUT2D eigenvalue weighted by atomic mass is 9.45. The van der Waals surface area contributed by atoms with Gasteiger partial charge >= 0.3 is 5.97 Å². The number of hydrogen-bond acceptors (Lipinski definition) is 5. The van der Waals surface area contributed by atoms with E-state index in [9.17, 15) is 10.1 Å². The molecule has 5 nitrogen and oxygen atoms in total. The molecule has 3 fully saturated rings. The molecule has 0 amide bonds. The van der Waals surface area contributed by atoms with Crippen molar-refractivity contribution in [1.29, 1.82) is 5.26 Å². The Morgan fingerprint density at radius 3 is 2.77 bits per heavy atom. The Labute approximate surface area is 179 Å². The molecule has 0 saturated heterocycles. The summed E-state index contributed by atoms with van der Waals surface area (Å²) in [4.78, 5) is 16.2. The number of carbonyl (C=O) groups is 1. The number of nitrogens with zero attached hydrogens (tertiary/aromatic N) is 2. The minimum absolute atomic E-state index is 0.0801. The summed E-state index contributed by atoms with van der Waals surface area (Å²) in [6.45, 7) is 6.44. The summed E-state index contributed by atoms with van der Waals surface area (Å²) < 4.78 is 5.60. The van der Waals surface area contributed by atoms with Crippen molar-refractivity contribution in [2.75, 3.05) is 5.73 Å². The molecule has 5 heteroatoms. The van der Waals surface area contributed by atoms with Crippen LogP contribution < -0.4 is 5.73 Å². The molecule has 1 aromatic rings. The predicted molar refractivity (Wildman–Crippen MR) is 114 cm³/mol. The van der Waals surface area contributed by atoms with Crippen molar-refractivity contribution in [3.63, 3.8) is 0 Å². The Morgan fingerprint density at radius 1 is 1.23 bits per heavy atom. The molecule has 4 aliphatic rings. The van der Waals surface area contributed by atoms with Crippen LogP contribution in [-0.2, 0) is 21.4 Å². The molecule has 2 N–H and O–H groups in total. The van der Waals surface area contributed by atoms with Gasteiger partial charge in [0.05, 0.1) is 11.3 Å². The van der Waals surface area contributed by atoms with E-state index in [0.717, 1.165) is 43.7 Å². The van der Waals surface area contributed by atoms with Crippen LogP contribution in [-0.4, -0.2) is 17.1 Å². The van der Waals surface area contributed by atoms with Gasteiger partial charge in [0, 0.05) is 12.3 Å². The summed E-state index contributed by atoms with van der Waals surface area (Å²) in [7, 11) is 0. The first-order valence-corrected chi connectivity index (χ1v) is 11.6. The van der Waals surface area contributed by atoms with E-state index in [2.05, 4.69) is 19.9 Å². The van der Waals surface area contributed by atoms with Gasteiger partial charge in [-0.25, -0.2) is 4.98 Å². The van der Waals surface area contributed by atoms with Crippen LogP contribution in [0.15, 0.2) is 6.07 Å². The van der Waals surface area contributed by atoms with Gasteiger partial charge in [0.1, 0.15) is 18.0 Å². The number of pyridine rings is 1. The maximum Gasteiger partial charge on any atom is 0.302 e. The number of carbonyl (C=O) groups excluding carboxylic acids is 1. The van der Waals surface area contributed by atoms with E-state index in [0.29, 0.717) is 34.6 Å². The number of ether oxygens (including phenoxy) is 1. The van der Waals surface area contributed by atoms with E-state index >= 15 is 0 Å². The van der Waals surface area contributed by atoms with Gasteiger partial charge in [0.15, 0.2) is 0 Å². The number of nitriles is 1. The van der Waals surface area contributed by atoms with Crippen LogP contribution in [0.4, 0.5) is 5.82 Å². The highest BCUT2D eigenvalue weighted by Gasteiger charge is 2.59. The third kappa shape index (κ3) is 2.72. The van der Waals surface area contributed by atoms with Crippen LogP contribution in [0.25, 0.3) is 0 Å². The number of aromatic nitrogens is 1. The molecular formula is C25H33N3O2. The zero-order valence-electron chi connectivity index (χ0n) is 18.4. The average molecular weight is 408 g/mol. The topological polar surface area (TPSA) is 89.0 Å². The molecule has 0 aromatic carbocycles. The highest BCUT2D eigenvalue weighted by atomic mass is 16.5. The van der Waals surface area contributed by atoms with Gasteiger partial charge < -0.3 is 10.5 Å². The maximum atomic E-state index is 11.5. The summed E-state index contributed by atoms with van der Waals surface area (Å²) in [6, 6.07) is 4.22. The fourth-order valence-corrected chi connectivity index (χ4v) is 8.10. The lowest BCUT2D eigenvalue weighted by Crippen LogP contribution is -2.54. The summed E-state index contributed by atoms with van der Waals surface area (Å²) in [5, 5.41) is 9.40. The Kier molecular flexibility index (Phi) is 4.44. The third-order valence-electron chi connectivity index (χ3n) is 9.57. The predicted octanol–water partition coefficient (Wildman–Crippen LogP) is 4.52. The largest absolute Gasteiger partial charge is 0.463 e. The number of nitrogen functional groups attached to an aromatic ring is 1. The summed E-state index contributed by atoms with van der Waals surface area (Å²) in [5.74, 6) is 2.93. The molecule has 30 heavy (non-hydrogen) atoms. The molecule has 1 heterocycles. The van der Waals surface area contributed by atoms with Gasteiger partial charge in [-0.3, -0.25) is 4.79 Å². The number of esters is 1. The Morgan fingerprint density at radius 2 is 2.03 bits per heavy atom. The minimum Gasteiger partial charge on any atom is -0.463 e. The maximum absolute atomic E-state index is 11.5. The van der Waals surface area contributed by atoms with Gasteiger partial charge in [-0.1, -0.05) is 13.8 Å². The van der Waals surface area contributed by atoms with Crippen LogP contribution >= 0.6 is 0 Å². The molecule has 0 radical (unpaired) electrons. The van der Waals surface area contributed by atoms with Gasteiger partial charge in [-0.15, -0.1) is 0 Å². The number of hydrogen-bond donors (Lipinski definition) is 1. The molecule has 1 unspecified atom stereocenters. The number of rotatable bonds is 1. The van der Waals surface area contributed by atoms with Gasteiger partial charge in [-0.2, -0.15) is 5.26 Å². The number of nitrogens with two attached hydrogens (primary N) is 1. The highest BCUT2D eigenvalue weighted by molar-refractivity contribution is 5.66. The van der Waals surface area contributed by atoms with E-state index in [1.807, 2.05) is 6.07 Å². The zero-order valence-corrected chi connectivity index (χ0v) is 18.4. The number of fused-ring (bicyclic) bond motifs is 7. The van der Waals surface area contributed by atoms with Gasteiger partial charge in [-0.05, 0) is 92.1 Å². The second-order valence-corrected chi connectivity index (χ2v) is 10.9. The molecule has 160 valence electrons. The molecule has 1 aromatic heterocycles. The fourth-order valence-electron chi connectivity index (χ4n) is 8.10. The first kappa shape index (κ1) is 19.8. The first-order valence-electron chi connectivity index (χ1n) is 11.6. The second kappa shape index (κ2) is 6.70. The van der Waals surface area contributed by atoms with Crippen molar-refractivity contribution in [2.24, 2.45) is 29.1 Å². The van der Waals surface area contributed by atoms with Crippen LogP contribution in [0.3, 0.4) is 0 Å². The fraction of sp³-hybridized carbons (Fsp3) is 0.720. The Hall–Kier alpha value is -2.09. The quantitative estimate of drug-likeness (QED) is 0.691. The molecule has 0 aliphatic heterocycles. The lowest BCUT2D eigenvalue weighted by molar-refractivity contribution is -0.157. The number of anilines is 1. The second-order valence-electron chi connectivity index (χ2n) is 10.9. The zero-order chi connectivity index (χ0) is 21.3. The SMILES string of the molecule is CC(=O)O[C@H]1CC[C@@]2(C)C(CC[C@@H]3[C@@H]2CC[C@]2(C)c4nc(N)c(C#N)cc4C[C@@H]32)C1. The van der Waals surface area contributed by atoms with Crippen molar-refractivity contribution in [3.8, 4) is 6.07 Å². The Bertz CT molecular complexity index is 937. The van der Waals surface area contributed by atoms with Crippen molar-refractivity contribution in [2.45, 2.75) is 83.7 Å². The smallest absolute Gasteiger partial charge is 0.302 e. The van der Waals surface area contributed by atoms with Crippen LogP contribution in [0.5, 0.6) is 0 Å². The van der Waals surface area contributed by atoms with Crippen molar-refractivity contribution in [3.05, 3.63) is 22.9 Å². The van der Waals surface area contributed by atoms with Crippen LogP contribution in [0, 0.1) is 40.4 Å². The third-order valence-corrected chi connectivity index (χ3v) is 9.57. The van der Waals surface area contributed by atoms with E-state index in [1.165, 1.54) is 31.7 Å². The summed E-state index contributed by atoms with van der Waals surface area (Å²) >= 11 is 0. The minimum atomic E-state index is -0.141. The molecule has 7 atom stereocenters. The standard InChI is InChI=1S/C25H33N3O2/c1-14(29)30-18-6-8-24(2)17(12-18)4-5-19-20(24)7-9-25(3)21(19)11-15-10-16(13-26)23(27)28-22(15)25/h10,17-21H,4-9,11-12H2,1-3H3,(H2,27,28)/t17?,18-,19+,20-,21-,24-,25-/m0/s1. The van der Waals surface area contributed by atoms with Gasteiger partial charge in [0.2, 0.25) is 0 Å². The van der Waals surface area contributed by atoms with E-state index < -0.39 is 0 Å². The highest BCUT2D eigenvalue weighted by Crippen LogP contribution is 2.65. The van der Waals surface area contributed by atoms with Gasteiger partial charge in [0.25, 0.3) is 0 Å². The monoisotopic (exact) mass is 407 g/mol. The van der Waals surface area contributed by atoms with Crippen molar-refractivity contribution >= 4 is 11.8 Å². The summed E-state index contributed by atoms with van der Waals surface area (Å²) in [5.41, 5.74) is 9.46.